The van der Waals surface area contributed by atoms with Gasteiger partial charge in [-0.05, 0) is 59.5 Å². The fraction of sp³-hybridized carbons (Fsp3) is 0.0968. The molecule has 4 aromatic rings. The number of benzene rings is 3. The number of nitrogens with zero attached hydrogens (tertiary/aromatic N) is 2. The van der Waals surface area contributed by atoms with Crippen LogP contribution in [-0.4, -0.2) is 40.5 Å². The molecule has 2 heterocycles. The summed E-state index contributed by atoms with van der Waals surface area (Å²) in [7, 11) is -4.17. The summed E-state index contributed by atoms with van der Waals surface area (Å²) in [6.07, 6.45) is 5.25. The predicted molar refractivity (Wildman–Crippen MR) is 165 cm³/mol. The summed E-state index contributed by atoms with van der Waals surface area (Å²) in [5.41, 5.74) is 4.45. The first-order chi connectivity index (χ1) is 19.7. The topological polar surface area (TPSA) is 96.4 Å². The van der Waals surface area contributed by atoms with Crippen molar-refractivity contribution in [3.05, 3.63) is 125 Å². The van der Waals surface area contributed by atoms with Gasteiger partial charge in [-0.1, -0.05) is 96.3 Å². The van der Waals surface area contributed by atoms with E-state index in [0.717, 1.165) is 39.6 Å². The fourth-order valence-corrected chi connectivity index (χ4v) is 6.70. The molecule has 1 aliphatic heterocycles. The van der Waals surface area contributed by atoms with E-state index in [1.807, 2.05) is 73.7 Å². The van der Waals surface area contributed by atoms with Crippen LogP contribution in [0, 0.1) is 6.92 Å². The third kappa shape index (κ3) is 6.62. The molecule has 0 saturated carbocycles. The highest BCUT2D eigenvalue weighted by Gasteiger charge is 2.41. The number of carbonyl (C=O) groups is 2. The van der Waals surface area contributed by atoms with E-state index in [9.17, 15) is 18.0 Å². The van der Waals surface area contributed by atoms with Crippen molar-refractivity contribution < 1.29 is 18.0 Å². The monoisotopic (exact) mass is 599 g/mol. The standard InChI is InChI=1S/C31H25N3O4S3/c1-21-7-13-26(14-8-21)41(37,38)33-29(35)27(19-22-5-3-2-4-6-22)34-30(36)28(40-31(34)39)20-23-9-11-24(12-10-23)25-15-17-32-18-16-25/h2-18,20,27H,19H2,1H3,(H,33,35)/b28-20-. The van der Waals surface area contributed by atoms with Gasteiger partial charge in [0.1, 0.15) is 10.4 Å². The van der Waals surface area contributed by atoms with E-state index in [2.05, 4.69) is 9.71 Å². The molecular formula is C31H25N3O4S3. The van der Waals surface area contributed by atoms with E-state index in [4.69, 9.17) is 12.2 Å². The lowest BCUT2D eigenvalue weighted by Crippen LogP contribution is -2.51. The van der Waals surface area contributed by atoms with Crippen LogP contribution in [0.4, 0.5) is 0 Å². The molecule has 206 valence electrons. The third-order valence-corrected chi connectivity index (χ3v) is 9.19. The van der Waals surface area contributed by atoms with Crippen molar-refractivity contribution in [3.8, 4) is 11.1 Å². The van der Waals surface area contributed by atoms with Gasteiger partial charge in [-0.3, -0.25) is 19.5 Å². The summed E-state index contributed by atoms with van der Waals surface area (Å²) in [5.74, 6) is -1.30. The van der Waals surface area contributed by atoms with Gasteiger partial charge >= 0.3 is 0 Å². The first-order valence-electron chi connectivity index (χ1n) is 12.7. The van der Waals surface area contributed by atoms with Gasteiger partial charge < -0.3 is 0 Å². The first kappa shape index (κ1) is 28.4. The number of aryl methyl sites for hydroxylation is 1. The zero-order chi connectivity index (χ0) is 29.0. The molecular weight excluding hydrogens is 575 g/mol. The van der Waals surface area contributed by atoms with E-state index < -0.39 is 27.9 Å². The zero-order valence-electron chi connectivity index (χ0n) is 21.9. The predicted octanol–water partition coefficient (Wildman–Crippen LogP) is 5.37. The summed E-state index contributed by atoms with van der Waals surface area (Å²) in [6, 6.07) is 25.6. The number of carbonyl (C=O) groups excluding carboxylic acids is 2. The van der Waals surface area contributed by atoms with Crippen LogP contribution in [0.3, 0.4) is 0 Å². The minimum absolute atomic E-state index is 0.0459. The number of pyridine rings is 1. The number of thioether (sulfide) groups is 1. The van der Waals surface area contributed by atoms with Crippen LogP contribution in [0.2, 0.25) is 0 Å². The number of nitrogens with one attached hydrogen (secondary N) is 1. The van der Waals surface area contributed by atoms with Crippen LogP contribution >= 0.6 is 24.0 Å². The molecule has 5 rings (SSSR count). The van der Waals surface area contributed by atoms with E-state index in [1.165, 1.54) is 17.0 Å². The molecule has 10 heteroatoms. The van der Waals surface area contributed by atoms with Gasteiger partial charge in [-0.15, -0.1) is 0 Å². The molecule has 1 aromatic heterocycles. The Kier molecular flexibility index (Phi) is 8.44. The van der Waals surface area contributed by atoms with Gasteiger partial charge in [-0.25, -0.2) is 13.1 Å². The third-order valence-electron chi connectivity index (χ3n) is 6.50. The van der Waals surface area contributed by atoms with Crippen LogP contribution in [0.25, 0.3) is 17.2 Å². The number of amides is 2. The maximum absolute atomic E-state index is 13.6. The molecule has 41 heavy (non-hydrogen) atoms. The Bertz CT molecular complexity index is 1720. The minimum Gasteiger partial charge on any atom is -0.280 e. The summed E-state index contributed by atoms with van der Waals surface area (Å²) < 4.78 is 28.4. The Balaban J connectivity index is 1.41. The largest absolute Gasteiger partial charge is 0.280 e. The second-order valence-electron chi connectivity index (χ2n) is 9.40. The van der Waals surface area contributed by atoms with Gasteiger partial charge in [0.25, 0.3) is 21.8 Å². The van der Waals surface area contributed by atoms with E-state index in [0.29, 0.717) is 4.91 Å². The summed E-state index contributed by atoms with van der Waals surface area (Å²) in [4.78, 5) is 32.7. The van der Waals surface area contributed by atoms with Crippen molar-refractivity contribution >= 4 is 56.2 Å². The maximum atomic E-state index is 13.6. The number of thiocarbonyl (C=S) groups is 1. The highest BCUT2D eigenvalue weighted by molar-refractivity contribution is 8.26. The normalized spacial score (nSPS) is 15.2. The smallest absolute Gasteiger partial charge is 0.266 e. The molecule has 3 aromatic carbocycles. The summed E-state index contributed by atoms with van der Waals surface area (Å²) >= 11 is 6.63. The Morgan fingerprint density at radius 2 is 1.59 bits per heavy atom. The van der Waals surface area contributed by atoms with E-state index in [-0.39, 0.29) is 15.6 Å². The SMILES string of the molecule is Cc1ccc(S(=O)(=O)NC(=O)C(Cc2ccccc2)N2C(=O)/C(=C/c3ccc(-c4ccncc4)cc3)SC2=S)cc1. The van der Waals surface area contributed by atoms with Crippen LogP contribution in [0.1, 0.15) is 16.7 Å². The first-order valence-corrected chi connectivity index (χ1v) is 15.4. The molecule has 0 bridgehead atoms. The molecule has 1 saturated heterocycles. The number of rotatable bonds is 8. The molecule has 0 aliphatic carbocycles. The van der Waals surface area contributed by atoms with Crippen molar-refractivity contribution in [2.24, 2.45) is 0 Å². The Morgan fingerprint density at radius 3 is 2.24 bits per heavy atom. The van der Waals surface area contributed by atoms with Gasteiger partial charge in [0, 0.05) is 18.8 Å². The Hall–Kier alpha value is -4.12. The van der Waals surface area contributed by atoms with Gasteiger partial charge in [0.15, 0.2) is 0 Å². The van der Waals surface area contributed by atoms with Gasteiger partial charge in [-0.2, -0.15) is 0 Å². The highest BCUT2D eigenvalue weighted by Crippen LogP contribution is 2.35. The van der Waals surface area contributed by atoms with Gasteiger partial charge in [0.05, 0.1) is 9.80 Å². The lowest BCUT2D eigenvalue weighted by molar-refractivity contribution is -0.131. The quantitative estimate of drug-likeness (QED) is 0.215. The lowest BCUT2D eigenvalue weighted by atomic mass is 10.0. The molecule has 2 amide bonds. The molecule has 7 nitrogen and oxygen atoms in total. The van der Waals surface area contributed by atoms with Crippen molar-refractivity contribution in [3.63, 3.8) is 0 Å². The van der Waals surface area contributed by atoms with Crippen molar-refractivity contribution in [2.75, 3.05) is 0 Å². The number of aromatic nitrogens is 1. The van der Waals surface area contributed by atoms with Crippen LogP contribution in [0.15, 0.2) is 113 Å². The second kappa shape index (κ2) is 12.2. The van der Waals surface area contributed by atoms with Crippen LogP contribution in [-0.2, 0) is 26.0 Å². The number of hydrogen-bond donors (Lipinski definition) is 1. The van der Waals surface area contributed by atoms with Crippen molar-refractivity contribution in [2.45, 2.75) is 24.3 Å². The van der Waals surface area contributed by atoms with Crippen LogP contribution < -0.4 is 4.72 Å². The molecule has 1 N–H and O–H groups in total. The summed E-state index contributed by atoms with van der Waals surface area (Å²) in [5, 5.41) is 0. The summed E-state index contributed by atoms with van der Waals surface area (Å²) in [6.45, 7) is 1.84. The Labute approximate surface area is 248 Å². The average Bonchev–Trinajstić information content (AvgIpc) is 3.25. The van der Waals surface area contributed by atoms with Crippen molar-refractivity contribution in [1.82, 2.24) is 14.6 Å². The van der Waals surface area contributed by atoms with E-state index in [1.54, 1.807) is 30.6 Å². The average molecular weight is 600 g/mol. The highest BCUT2D eigenvalue weighted by atomic mass is 32.2. The lowest BCUT2D eigenvalue weighted by Gasteiger charge is -2.26. The maximum Gasteiger partial charge on any atom is 0.266 e. The van der Waals surface area contributed by atoms with Crippen LogP contribution in [0.5, 0.6) is 0 Å². The second-order valence-corrected chi connectivity index (χ2v) is 12.8. The molecule has 1 fully saturated rings. The number of sulfonamides is 1. The fourth-order valence-electron chi connectivity index (χ4n) is 4.33. The van der Waals surface area contributed by atoms with E-state index >= 15 is 0 Å². The molecule has 1 aliphatic rings. The zero-order valence-corrected chi connectivity index (χ0v) is 24.4. The number of hydrogen-bond acceptors (Lipinski definition) is 7. The Morgan fingerprint density at radius 1 is 0.951 bits per heavy atom. The molecule has 0 spiro atoms. The molecule has 0 radical (unpaired) electrons. The van der Waals surface area contributed by atoms with Crippen molar-refractivity contribution in [1.29, 1.82) is 0 Å². The molecule has 1 atom stereocenters. The minimum atomic E-state index is -4.17. The molecule has 1 unspecified atom stereocenters. The van der Waals surface area contributed by atoms with Gasteiger partial charge in [0.2, 0.25) is 0 Å².